The number of hydrogen-bond donors (Lipinski definition) is 2. The van der Waals surface area contributed by atoms with Crippen molar-refractivity contribution < 1.29 is 19.5 Å². The Bertz CT molecular complexity index is 770. The van der Waals surface area contributed by atoms with Crippen molar-refractivity contribution >= 4 is 37.8 Å². The lowest BCUT2D eigenvalue weighted by Gasteiger charge is -2.14. The van der Waals surface area contributed by atoms with Crippen LogP contribution < -0.4 is 10.2 Å². The normalized spacial score (nSPS) is 10.8. The summed E-state index contributed by atoms with van der Waals surface area (Å²) < 4.78 is 7.21. The second-order valence-corrected chi connectivity index (χ2v) is 7.82. The van der Waals surface area contributed by atoms with Crippen LogP contribution in [0, 0.1) is 0 Å². The summed E-state index contributed by atoms with van der Waals surface area (Å²) in [6, 6.07) is 9.32. The summed E-state index contributed by atoms with van der Waals surface area (Å²) in [5, 5.41) is 9.98. The standard InChI is InChI=1S/C19H21Br2NO4/c1-11(2)14-6-12(4-5-18(14)23)7-15-16(20)8-13(9-17(15)21)26-10-19(24)22-25-3/h4-6,8-9,11,23H,7,10H2,1-3H3,(H,22,24). The van der Waals surface area contributed by atoms with Crippen molar-refractivity contribution in [1.82, 2.24) is 5.48 Å². The van der Waals surface area contributed by atoms with Crippen molar-refractivity contribution in [2.24, 2.45) is 0 Å². The summed E-state index contributed by atoms with van der Waals surface area (Å²) >= 11 is 7.14. The third kappa shape index (κ3) is 5.46. The maximum absolute atomic E-state index is 11.4. The summed E-state index contributed by atoms with van der Waals surface area (Å²) in [4.78, 5) is 15.9. The number of ether oxygens (including phenoxy) is 1. The first kappa shape index (κ1) is 20.7. The monoisotopic (exact) mass is 485 g/mol. The second kappa shape index (κ2) is 9.39. The SMILES string of the molecule is CONC(=O)COc1cc(Br)c(Cc2ccc(O)c(C(C)C)c2)c(Br)c1. The van der Waals surface area contributed by atoms with Gasteiger partial charge in [0.2, 0.25) is 0 Å². The van der Waals surface area contributed by atoms with Crippen LogP contribution in [-0.4, -0.2) is 24.7 Å². The van der Waals surface area contributed by atoms with Crippen LogP contribution in [0.2, 0.25) is 0 Å². The first-order valence-corrected chi connectivity index (χ1v) is 9.64. The molecule has 2 aromatic carbocycles. The summed E-state index contributed by atoms with van der Waals surface area (Å²) in [7, 11) is 1.37. The summed E-state index contributed by atoms with van der Waals surface area (Å²) in [5.41, 5.74) is 5.28. The Morgan fingerprint density at radius 1 is 1.19 bits per heavy atom. The number of halogens is 2. The number of nitrogens with one attached hydrogen (secondary N) is 1. The highest BCUT2D eigenvalue weighted by Crippen LogP contribution is 2.34. The van der Waals surface area contributed by atoms with E-state index in [1.54, 1.807) is 6.07 Å². The molecule has 2 N–H and O–H groups in total. The number of carbonyl (C=O) groups excluding carboxylic acids is 1. The van der Waals surface area contributed by atoms with Crippen LogP contribution in [0.25, 0.3) is 0 Å². The van der Waals surface area contributed by atoms with Crippen LogP contribution in [0.5, 0.6) is 11.5 Å². The molecule has 5 nitrogen and oxygen atoms in total. The number of benzene rings is 2. The van der Waals surface area contributed by atoms with Gasteiger partial charge in [-0.3, -0.25) is 9.63 Å². The smallest absolute Gasteiger partial charge is 0.281 e. The highest BCUT2D eigenvalue weighted by Gasteiger charge is 2.13. The van der Waals surface area contributed by atoms with Gasteiger partial charge >= 0.3 is 0 Å². The van der Waals surface area contributed by atoms with Crippen LogP contribution >= 0.6 is 31.9 Å². The molecule has 0 aromatic heterocycles. The molecular formula is C19H21Br2NO4. The molecule has 0 spiro atoms. The zero-order chi connectivity index (χ0) is 19.3. The van der Waals surface area contributed by atoms with Gasteiger partial charge in [0.05, 0.1) is 7.11 Å². The zero-order valence-electron chi connectivity index (χ0n) is 14.8. The minimum atomic E-state index is -0.367. The lowest BCUT2D eigenvalue weighted by Crippen LogP contribution is -2.27. The molecule has 0 aliphatic rings. The maximum Gasteiger partial charge on any atom is 0.281 e. The number of aromatic hydroxyl groups is 1. The Hall–Kier alpha value is -1.57. The first-order valence-electron chi connectivity index (χ1n) is 8.06. The van der Waals surface area contributed by atoms with E-state index in [4.69, 9.17) is 4.74 Å². The van der Waals surface area contributed by atoms with Crippen LogP contribution in [0.1, 0.15) is 36.5 Å². The van der Waals surface area contributed by atoms with Gasteiger partial charge in [0.25, 0.3) is 5.91 Å². The van der Waals surface area contributed by atoms with Crippen LogP contribution in [0.4, 0.5) is 0 Å². The second-order valence-electron chi connectivity index (χ2n) is 6.11. The molecule has 0 unspecified atom stereocenters. The van der Waals surface area contributed by atoms with Crippen molar-refractivity contribution in [1.29, 1.82) is 0 Å². The minimum Gasteiger partial charge on any atom is -0.508 e. The highest BCUT2D eigenvalue weighted by molar-refractivity contribution is 9.11. The number of carbonyl (C=O) groups is 1. The van der Waals surface area contributed by atoms with Crippen molar-refractivity contribution in [3.8, 4) is 11.5 Å². The van der Waals surface area contributed by atoms with Gasteiger partial charge in [0.1, 0.15) is 11.5 Å². The van der Waals surface area contributed by atoms with E-state index in [9.17, 15) is 9.90 Å². The summed E-state index contributed by atoms with van der Waals surface area (Å²) in [6.07, 6.45) is 0.686. The van der Waals surface area contributed by atoms with Crippen molar-refractivity contribution in [3.05, 3.63) is 56.0 Å². The molecule has 0 saturated carbocycles. The van der Waals surface area contributed by atoms with Gasteiger partial charge in [0.15, 0.2) is 6.61 Å². The average Bonchev–Trinajstić information content (AvgIpc) is 2.57. The Morgan fingerprint density at radius 3 is 2.42 bits per heavy atom. The average molecular weight is 487 g/mol. The van der Waals surface area contributed by atoms with E-state index >= 15 is 0 Å². The Labute approximate surface area is 169 Å². The van der Waals surface area contributed by atoms with Crippen molar-refractivity contribution in [3.63, 3.8) is 0 Å². The molecule has 0 aliphatic heterocycles. The molecule has 0 heterocycles. The molecule has 0 bridgehead atoms. The zero-order valence-corrected chi connectivity index (χ0v) is 18.0. The largest absolute Gasteiger partial charge is 0.508 e. The number of amides is 1. The molecule has 0 saturated heterocycles. The van der Waals surface area contributed by atoms with E-state index in [0.717, 1.165) is 25.6 Å². The Kier molecular flexibility index (Phi) is 7.49. The topological polar surface area (TPSA) is 67.8 Å². The van der Waals surface area contributed by atoms with E-state index in [0.29, 0.717) is 17.9 Å². The molecule has 1 amide bonds. The fourth-order valence-corrected chi connectivity index (χ4v) is 3.93. The number of hydroxylamine groups is 1. The summed E-state index contributed by atoms with van der Waals surface area (Å²) in [6.45, 7) is 3.97. The number of phenols is 1. The molecule has 140 valence electrons. The van der Waals surface area contributed by atoms with Crippen molar-refractivity contribution in [2.45, 2.75) is 26.2 Å². The predicted octanol–water partition coefficient (Wildman–Crippen LogP) is 4.69. The Morgan fingerprint density at radius 2 is 1.85 bits per heavy atom. The quantitative estimate of drug-likeness (QED) is 0.557. The third-order valence-electron chi connectivity index (χ3n) is 3.80. The van der Waals surface area contributed by atoms with Crippen molar-refractivity contribution in [2.75, 3.05) is 13.7 Å². The highest BCUT2D eigenvalue weighted by atomic mass is 79.9. The minimum absolute atomic E-state index is 0.137. The molecular weight excluding hydrogens is 466 g/mol. The van der Waals surface area contributed by atoms with E-state index in [1.807, 2.05) is 24.3 Å². The van der Waals surface area contributed by atoms with E-state index < -0.39 is 0 Å². The lowest BCUT2D eigenvalue weighted by atomic mass is 9.96. The van der Waals surface area contributed by atoms with E-state index in [-0.39, 0.29) is 18.4 Å². The van der Waals surface area contributed by atoms with Crippen LogP contribution in [0.3, 0.4) is 0 Å². The van der Waals surface area contributed by atoms with Gasteiger partial charge in [-0.2, -0.15) is 0 Å². The third-order valence-corrected chi connectivity index (χ3v) is 5.21. The van der Waals surface area contributed by atoms with Gasteiger partial charge < -0.3 is 9.84 Å². The molecule has 26 heavy (non-hydrogen) atoms. The molecule has 7 heteroatoms. The maximum atomic E-state index is 11.4. The number of hydrogen-bond acceptors (Lipinski definition) is 4. The Balaban J connectivity index is 2.18. The van der Waals surface area contributed by atoms with Gasteiger partial charge in [-0.25, -0.2) is 5.48 Å². The molecule has 0 aliphatic carbocycles. The molecule has 0 fully saturated rings. The van der Waals surface area contributed by atoms with Gasteiger partial charge in [-0.1, -0.05) is 57.8 Å². The number of rotatable bonds is 7. The molecule has 0 radical (unpaired) electrons. The number of phenolic OH excluding ortho intramolecular Hbond substituents is 1. The van der Waals surface area contributed by atoms with Gasteiger partial charge in [-0.05, 0) is 47.2 Å². The fourth-order valence-electron chi connectivity index (χ4n) is 2.50. The molecule has 2 rings (SSSR count). The van der Waals surface area contributed by atoms with Gasteiger partial charge in [0, 0.05) is 8.95 Å². The fraction of sp³-hybridized carbons (Fsp3) is 0.316. The molecule has 2 aromatic rings. The molecule has 0 atom stereocenters. The lowest BCUT2D eigenvalue weighted by molar-refractivity contribution is -0.133. The summed E-state index contributed by atoms with van der Waals surface area (Å²) in [5.74, 6) is 0.761. The van der Waals surface area contributed by atoms with E-state index in [1.165, 1.54) is 7.11 Å². The van der Waals surface area contributed by atoms with Gasteiger partial charge in [-0.15, -0.1) is 0 Å². The van der Waals surface area contributed by atoms with Crippen LogP contribution in [-0.2, 0) is 16.1 Å². The van der Waals surface area contributed by atoms with E-state index in [2.05, 4.69) is 56.0 Å². The predicted molar refractivity (Wildman–Crippen MR) is 107 cm³/mol. The van der Waals surface area contributed by atoms with Crippen LogP contribution in [0.15, 0.2) is 39.3 Å². The first-order chi connectivity index (χ1) is 12.3.